The van der Waals surface area contributed by atoms with Crippen molar-refractivity contribution < 1.29 is 9.90 Å². The van der Waals surface area contributed by atoms with E-state index in [4.69, 9.17) is 5.73 Å². The molecule has 4 N–H and O–H groups in total. The van der Waals surface area contributed by atoms with Crippen LogP contribution < -0.4 is 11.1 Å². The third kappa shape index (κ3) is 3.04. The maximum atomic E-state index is 12.0. The van der Waals surface area contributed by atoms with E-state index in [0.29, 0.717) is 5.69 Å². The molecule has 0 radical (unpaired) electrons. The first-order valence-corrected chi connectivity index (χ1v) is 6.02. The van der Waals surface area contributed by atoms with E-state index in [0.717, 1.165) is 5.56 Å². The molecular weight excluding hydrogens is 240 g/mol. The van der Waals surface area contributed by atoms with Crippen molar-refractivity contribution in [1.82, 2.24) is 5.32 Å². The number of benzene rings is 2. The van der Waals surface area contributed by atoms with Gasteiger partial charge in [0, 0.05) is 5.69 Å². The second kappa shape index (κ2) is 5.44. The highest BCUT2D eigenvalue weighted by molar-refractivity contribution is 5.96. The standard InChI is InChI=1S/C15H16N2O2/c1-10(11-5-4-6-12(16)9-11)17-15(19)13-7-2-3-8-14(13)18/h2-10,18H,16H2,1H3,(H,17,19). The van der Waals surface area contributed by atoms with Crippen LogP contribution in [-0.2, 0) is 0 Å². The molecule has 0 heterocycles. The lowest BCUT2D eigenvalue weighted by molar-refractivity contribution is 0.0937. The first-order chi connectivity index (χ1) is 9.08. The fourth-order valence-corrected chi connectivity index (χ4v) is 1.85. The molecule has 0 aliphatic carbocycles. The third-order valence-corrected chi connectivity index (χ3v) is 2.91. The number of anilines is 1. The van der Waals surface area contributed by atoms with Crippen LogP contribution in [0.25, 0.3) is 0 Å². The summed E-state index contributed by atoms with van der Waals surface area (Å²) in [5.74, 6) is -0.340. The predicted molar refractivity (Wildman–Crippen MR) is 74.8 cm³/mol. The molecule has 2 aromatic rings. The molecule has 0 spiro atoms. The number of phenols is 1. The average molecular weight is 256 g/mol. The minimum Gasteiger partial charge on any atom is -0.507 e. The van der Waals surface area contributed by atoms with Crippen molar-refractivity contribution in [2.75, 3.05) is 5.73 Å². The van der Waals surface area contributed by atoms with E-state index in [1.165, 1.54) is 6.07 Å². The summed E-state index contributed by atoms with van der Waals surface area (Å²) in [6, 6.07) is 13.6. The first kappa shape index (κ1) is 13.0. The number of carbonyl (C=O) groups is 1. The lowest BCUT2D eigenvalue weighted by Crippen LogP contribution is -2.26. The van der Waals surface area contributed by atoms with Gasteiger partial charge in [-0.1, -0.05) is 24.3 Å². The zero-order valence-corrected chi connectivity index (χ0v) is 10.6. The van der Waals surface area contributed by atoms with Crippen LogP contribution in [-0.4, -0.2) is 11.0 Å². The number of para-hydroxylation sites is 1. The smallest absolute Gasteiger partial charge is 0.255 e. The number of carbonyl (C=O) groups excluding carboxylic acids is 1. The quantitative estimate of drug-likeness (QED) is 0.738. The number of rotatable bonds is 3. The molecule has 1 unspecified atom stereocenters. The van der Waals surface area contributed by atoms with Gasteiger partial charge in [-0.25, -0.2) is 0 Å². The topological polar surface area (TPSA) is 75.3 Å². The van der Waals surface area contributed by atoms with Gasteiger partial charge in [0.1, 0.15) is 5.75 Å². The molecule has 1 atom stereocenters. The van der Waals surface area contributed by atoms with Crippen molar-refractivity contribution in [2.45, 2.75) is 13.0 Å². The van der Waals surface area contributed by atoms with E-state index in [1.807, 2.05) is 25.1 Å². The van der Waals surface area contributed by atoms with E-state index < -0.39 is 0 Å². The highest BCUT2D eigenvalue weighted by Crippen LogP contribution is 2.19. The van der Waals surface area contributed by atoms with Gasteiger partial charge in [0.15, 0.2) is 0 Å². The van der Waals surface area contributed by atoms with Crippen LogP contribution in [0.1, 0.15) is 28.9 Å². The van der Waals surface area contributed by atoms with Gasteiger partial charge in [-0.2, -0.15) is 0 Å². The Morgan fingerprint density at radius 3 is 2.63 bits per heavy atom. The maximum Gasteiger partial charge on any atom is 0.255 e. The van der Waals surface area contributed by atoms with Gasteiger partial charge in [0.05, 0.1) is 11.6 Å². The Balaban J connectivity index is 2.13. The molecular formula is C15H16N2O2. The Morgan fingerprint density at radius 1 is 1.21 bits per heavy atom. The molecule has 2 rings (SSSR count). The normalized spacial score (nSPS) is 11.8. The van der Waals surface area contributed by atoms with E-state index in [9.17, 15) is 9.90 Å². The van der Waals surface area contributed by atoms with Crippen molar-refractivity contribution in [3.05, 3.63) is 59.7 Å². The second-order valence-corrected chi connectivity index (χ2v) is 4.38. The van der Waals surface area contributed by atoms with E-state index in [2.05, 4.69) is 5.32 Å². The van der Waals surface area contributed by atoms with Gasteiger partial charge in [0.2, 0.25) is 0 Å². The van der Waals surface area contributed by atoms with Crippen molar-refractivity contribution in [1.29, 1.82) is 0 Å². The number of nitrogens with two attached hydrogens (primary N) is 1. The van der Waals surface area contributed by atoms with Crippen LogP contribution in [0, 0.1) is 0 Å². The Labute approximate surface area is 111 Å². The SMILES string of the molecule is CC(NC(=O)c1ccccc1O)c1cccc(N)c1. The number of amides is 1. The van der Waals surface area contributed by atoms with Gasteiger partial charge in [0.25, 0.3) is 5.91 Å². The zero-order chi connectivity index (χ0) is 13.8. The Bertz CT molecular complexity index is 596. The lowest BCUT2D eigenvalue weighted by atomic mass is 10.1. The van der Waals surface area contributed by atoms with Gasteiger partial charge in [-0.15, -0.1) is 0 Å². The number of aromatic hydroxyl groups is 1. The molecule has 4 nitrogen and oxygen atoms in total. The van der Waals surface area contributed by atoms with Crippen LogP contribution in [0.4, 0.5) is 5.69 Å². The van der Waals surface area contributed by atoms with Crippen molar-refractivity contribution in [2.24, 2.45) is 0 Å². The monoisotopic (exact) mass is 256 g/mol. The molecule has 0 aromatic heterocycles. The van der Waals surface area contributed by atoms with Crippen LogP contribution in [0.3, 0.4) is 0 Å². The summed E-state index contributed by atoms with van der Waals surface area (Å²) < 4.78 is 0. The van der Waals surface area contributed by atoms with Crippen LogP contribution in [0.5, 0.6) is 5.75 Å². The number of phenolic OH excluding ortho intramolecular Hbond substituents is 1. The van der Waals surface area contributed by atoms with E-state index >= 15 is 0 Å². The van der Waals surface area contributed by atoms with Crippen LogP contribution >= 0.6 is 0 Å². The van der Waals surface area contributed by atoms with Gasteiger partial charge in [-0.3, -0.25) is 4.79 Å². The van der Waals surface area contributed by atoms with Crippen molar-refractivity contribution >= 4 is 11.6 Å². The summed E-state index contributed by atoms with van der Waals surface area (Å²) in [7, 11) is 0. The molecule has 4 heteroatoms. The molecule has 1 amide bonds. The van der Waals surface area contributed by atoms with Crippen molar-refractivity contribution in [3.8, 4) is 5.75 Å². The highest BCUT2D eigenvalue weighted by Gasteiger charge is 2.14. The molecule has 19 heavy (non-hydrogen) atoms. The number of hydrogen-bond acceptors (Lipinski definition) is 3. The number of hydrogen-bond donors (Lipinski definition) is 3. The molecule has 0 saturated heterocycles. The average Bonchev–Trinajstić information content (AvgIpc) is 2.39. The molecule has 0 aliphatic rings. The summed E-state index contributed by atoms with van der Waals surface area (Å²) in [4.78, 5) is 12.0. The second-order valence-electron chi connectivity index (χ2n) is 4.38. The fraction of sp³-hybridized carbons (Fsp3) is 0.133. The van der Waals surface area contributed by atoms with Gasteiger partial charge >= 0.3 is 0 Å². The van der Waals surface area contributed by atoms with Gasteiger partial charge in [-0.05, 0) is 36.8 Å². The minimum absolute atomic E-state index is 0.0280. The minimum atomic E-state index is -0.312. The Morgan fingerprint density at radius 2 is 1.95 bits per heavy atom. The van der Waals surface area contributed by atoms with Gasteiger partial charge < -0.3 is 16.2 Å². The predicted octanol–water partition coefficient (Wildman–Crippen LogP) is 2.47. The zero-order valence-electron chi connectivity index (χ0n) is 10.6. The Kier molecular flexibility index (Phi) is 3.71. The summed E-state index contributed by atoms with van der Waals surface area (Å²) in [6.07, 6.45) is 0. The highest BCUT2D eigenvalue weighted by atomic mass is 16.3. The summed E-state index contributed by atoms with van der Waals surface area (Å²) in [5.41, 5.74) is 7.55. The largest absolute Gasteiger partial charge is 0.507 e. The fourth-order valence-electron chi connectivity index (χ4n) is 1.85. The number of nitrogens with one attached hydrogen (secondary N) is 1. The van der Waals surface area contributed by atoms with Crippen molar-refractivity contribution in [3.63, 3.8) is 0 Å². The van der Waals surface area contributed by atoms with E-state index in [1.54, 1.807) is 24.3 Å². The number of nitrogen functional groups attached to an aromatic ring is 1. The summed E-state index contributed by atoms with van der Waals surface area (Å²) in [5, 5.41) is 12.5. The van der Waals surface area contributed by atoms with Crippen LogP contribution in [0.15, 0.2) is 48.5 Å². The summed E-state index contributed by atoms with van der Waals surface area (Å²) >= 11 is 0. The molecule has 0 bridgehead atoms. The first-order valence-electron chi connectivity index (χ1n) is 6.02. The van der Waals surface area contributed by atoms with E-state index in [-0.39, 0.29) is 23.3 Å². The molecule has 0 fully saturated rings. The molecule has 98 valence electrons. The van der Waals surface area contributed by atoms with Crippen LogP contribution in [0.2, 0.25) is 0 Å². The summed E-state index contributed by atoms with van der Waals surface area (Å²) in [6.45, 7) is 1.87. The molecule has 0 saturated carbocycles. The maximum absolute atomic E-state index is 12.0. The molecule has 2 aromatic carbocycles. The third-order valence-electron chi connectivity index (χ3n) is 2.91. The molecule has 0 aliphatic heterocycles. The lowest BCUT2D eigenvalue weighted by Gasteiger charge is -2.15. The Hall–Kier alpha value is -2.49.